The second-order valence-electron chi connectivity index (χ2n) is 9.92. The van der Waals surface area contributed by atoms with Crippen LogP contribution in [-0.2, 0) is 34.0 Å². The summed E-state index contributed by atoms with van der Waals surface area (Å²) in [6.45, 7) is 7.67. The molecule has 1 aliphatic carbocycles. The summed E-state index contributed by atoms with van der Waals surface area (Å²) in [5, 5.41) is 11.9. The molecule has 37 heavy (non-hydrogen) atoms. The van der Waals surface area contributed by atoms with Crippen LogP contribution < -0.4 is 4.74 Å². The van der Waals surface area contributed by atoms with Gasteiger partial charge < -0.3 is 24.1 Å². The fourth-order valence-corrected chi connectivity index (χ4v) is 5.30. The maximum Gasteiger partial charge on any atom is 0.118 e. The van der Waals surface area contributed by atoms with Gasteiger partial charge in [-0.25, -0.2) is 0 Å². The smallest absolute Gasteiger partial charge is 0.118 e. The Kier molecular flexibility index (Phi) is 9.53. The number of benzene rings is 3. The maximum absolute atomic E-state index is 11.9. The summed E-state index contributed by atoms with van der Waals surface area (Å²) in [7, 11) is 1.65. The van der Waals surface area contributed by atoms with Crippen molar-refractivity contribution in [1.82, 2.24) is 0 Å². The van der Waals surface area contributed by atoms with Gasteiger partial charge in [-0.3, -0.25) is 0 Å². The van der Waals surface area contributed by atoms with Gasteiger partial charge in [0, 0.05) is 5.92 Å². The van der Waals surface area contributed by atoms with Crippen LogP contribution in [0, 0.1) is 11.8 Å². The molecule has 0 saturated heterocycles. The molecule has 0 aliphatic heterocycles. The molecule has 0 heterocycles. The topological polar surface area (TPSA) is 57.2 Å². The zero-order valence-electron chi connectivity index (χ0n) is 21.8. The van der Waals surface area contributed by atoms with Gasteiger partial charge in [0.05, 0.1) is 45.7 Å². The van der Waals surface area contributed by atoms with E-state index >= 15 is 0 Å². The van der Waals surface area contributed by atoms with Crippen LogP contribution in [0.2, 0.25) is 0 Å². The molecule has 1 saturated carbocycles. The van der Waals surface area contributed by atoms with Crippen LogP contribution in [0.4, 0.5) is 0 Å². The lowest BCUT2D eigenvalue weighted by Gasteiger charge is -2.35. The van der Waals surface area contributed by atoms with Crippen molar-refractivity contribution in [2.75, 3.05) is 13.7 Å². The van der Waals surface area contributed by atoms with E-state index in [-0.39, 0.29) is 24.5 Å². The summed E-state index contributed by atoms with van der Waals surface area (Å²) in [5.74, 6) is 0.873. The van der Waals surface area contributed by atoms with Crippen molar-refractivity contribution in [1.29, 1.82) is 0 Å². The predicted octanol–water partition coefficient (Wildman–Crippen LogP) is 5.96. The number of rotatable bonds is 13. The summed E-state index contributed by atoms with van der Waals surface area (Å²) >= 11 is 0. The average Bonchev–Trinajstić information content (AvgIpc) is 3.18. The molecule has 5 nitrogen and oxygen atoms in total. The van der Waals surface area contributed by atoms with Crippen molar-refractivity contribution in [3.05, 3.63) is 114 Å². The molecule has 3 aromatic carbocycles. The van der Waals surface area contributed by atoms with E-state index < -0.39 is 11.7 Å². The molecular weight excluding hydrogens is 464 g/mol. The molecule has 1 aliphatic rings. The van der Waals surface area contributed by atoms with Gasteiger partial charge in [0.25, 0.3) is 0 Å². The Morgan fingerprint density at radius 3 is 2.08 bits per heavy atom. The molecule has 0 bridgehead atoms. The lowest BCUT2D eigenvalue weighted by Crippen LogP contribution is -2.48. The fourth-order valence-electron chi connectivity index (χ4n) is 5.30. The molecule has 1 N–H and O–H groups in total. The van der Waals surface area contributed by atoms with E-state index in [0.29, 0.717) is 26.2 Å². The van der Waals surface area contributed by atoms with Crippen molar-refractivity contribution in [3.8, 4) is 5.75 Å². The van der Waals surface area contributed by atoms with Gasteiger partial charge in [-0.2, -0.15) is 0 Å². The van der Waals surface area contributed by atoms with E-state index in [9.17, 15) is 5.11 Å². The van der Waals surface area contributed by atoms with E-state index in [4.69, 9.17) is 18.9 Å². The van der Waals surface area contributed by atoms with Gasteiger partial charge in [-0.1, -0.05) is 85.8 Å². The quantitative estimate of drug-likeness (QED) is 0.293. The van der Waals surface area contributed by atoms with Gasteiger partial charge in [-0.15, -0.1) is 6.58 Å². The zero-order valence-corrected chi connectivity index (χ0v) is 21.8. The van der Waals surface area contributed by atoms with Gasteiger partial charge in [0.15, 0.2) is 0 Å². The van der Waals surface area contributed by atoms with Crippen molar-refractivity contribution in [2.45, 2.75) is 51.0 Å². The first-order chi connectivity index (χ1) is 18.0. The standard InChI is InChI=1S/C32H38O5/c1-4-29(36-21-27-15-17-28(34-3)18-16-27)30-24(2)19-32(33,23-35-20-25-11-7-5-8-12-25)31(30)37-22-26-13-9-6-10-14-26/h4-18,24,29-31,33H,1,19-23H2,2-3H3/t24-,29+,30+,31+,32-/m1/s1. The van der Waals surface area contributed by atoms with Gasteiger partial charge >= 0.3 is 0 Å². The van der Waals surface area contributed by atoms with E-state index in [1.54, 1.807) is 7.11 Å². The second-order valence-corrected chi connectivity index (χ2v) is 9.92. The molecule has 0 radical (unpaired) electrons. The highest BCUT2D eigenvalue weighted by molar-refractivity contribution is 5.26. The Bertz CT molecular complexity index is 1090. The normalized spacial score (nSPS) is 24.0. The van der Waals surface area contributed by atoms with E-state index in [1.807, 2.05) is 91.0 Å². The van der Waals surface area contributed by atoms with Crippen LogP contribution in [0.1, 0.15) is 30.0 Å². The van der Waals surface area contributed by atoms with E-state index in [1.165, 1.54) is 0 Å². The molecule has 0 amide bonds. The first kappa shape index (κ1) is 27.1. The van der Waals surface area contributed by atoms with Crippen LogP contribution >= 0.6 is 0 Å². The van der Waals surface area contributed by atoms with Crippen LogP contribution in [0.5, 0.6) is 5.75 Å². The maximum atomic E-state index is 11.9. The highest BCUT2D eigenvalue weighted by Crippen LogP contribution is 2.45. The second kappa shape index (κ2) is 13.0. The third-order valence-corrected chi connectivity index (χ3v) is 7.16. The van der Waals surface area contributed by atoms with Crippen LogP contribution in [0.15, 0.2) is 97.6 Å². The number of hydrogen-bond donors (Lipinski definition) is 1. The predicted molar refractivity (Wildman–Crippen MR) is 145 cm³/mol. The molecule has 0 unspecified atom stereocenters. The third-order valence-electron chi connectivity index (χ3n) is 7.16. The Morgan fingerprint density at radius 1 is 0.892 bits per heavy atom. The molecule has 1 fully saturated rings. The lowest BCUT2D eigenvalue weighted by molar-refractivity contribution is -0.156. The molecule has 5 heteroatoms. The van der Waals surface area contributed by atoms with Gasteiger partial charge in [0.1, 0.15) is 11.4 Å². The van der Waals surface area contributed by atoms with Gasteiger partial charge in [-0.05, 0) is 41.2 Å². The van der Waals surface area contributed by atoms with Crippen molar-refractivity contribution in [2.24, 2.45) is 11.8 Å². The molecule has 5 atom stereocenters. The van der Waals surface area contributed by atoms with Crippen LogP contribution in [0.25, 0.3) is 0 Å². The molecule has 4 rings (SSSR count). The molecule has 0 spiro atoms. The summed E-state index contributed by atoms with van der Waals surface area (Å²) < 4.78 is 24.1. The Hall–Kier alpha value is -2.96. The van der Waals surface area contributed by atoms with E-state index in [0.717, 1.165) is 22.4 Å². The number of aliphatic hydroxyl groups is 1. The summed E-state index contributed by atoms with van der Waals surface area (Å²) in [4.78, 5) is 0. The van der Waals surface area contributed by atoms with Gasteiger partial charge in [0.2, 0.25) is 0 Å². The number of ether oxygens (including phenoxy) is 4. The first-order valence-electron chi connectivity index (χ1n) is 12.9. The molecule has 3 aromatic rings. The Morgan fingerprint density at radius 2 is 1.49 bits per heavy atom. The first-order valence-corrected chi connectivity index (χ1v) is 12.9. The van der Waals surface area contributed by atoms with Crippen molar-refractivity contribution >= 4 is 0 Å². The Labute approximate surface area is 220 Å². The summed E-state index contributed by atoms with van der Waals surface area (Å²) in [5.41, 5.74) is 2.03. The zero-order chi connectivity index (χ0) is 26.1. The SMILES string of the molecule is C=C[C@H](OCc1ccc(OC)cc1)[C@@H]1[C@H](C)C[C@@](O)(COCc2ccccc2)[C@H]1OCc1ccccc1. The van der Waals surface area contributed by atoms with Crippen LogP contribution in [0.3, 0.4) is 0 Å². The summed E-state index contributed by atoms with van der Waals surface area (Å²) in [6.07, 6.45) is 1.63. The molecular formula is C32H38O5. The minimum Gasteiger partial charge on any atom is -0.497 e. The minimum atomic E-state index is -1.14. The lowest BCUT2D eigenvalue weighted by atomic mass is 9.89. The molecule has 196 valence electrons. The van der Waals surface area contributed by atoms with Crippen LogP contribution in [-0.4, -0.2) is 36.6 Å². The van der Waals surface area contributed by atoms with Crippen molar-refractivity contribution < 1.29 is 24.1 Å². The fraction of sp³-hybridized carbons (Fsp3) is 0.375. The number of hydrogen-bond acceptors (Lipinski definition) is 5. The average molecular weight is 503 g/mol. The third kappa shape index (κ3) is 7.08. The minimum absolute atomic E-state index is 0.0789. The largest absolute Gasteiger partial charge is 0.497 e. The van der Waals surface area contributed by atoms with Crippen molar-refractivity contribution in [3.63, 3.8) is 0 Å². The molecule has 0 aromatic heterocycles. The number of methoxy groups -OCH3 is 1. The Balaban J connectivity index is 1.48. The monoisotopic (exact) mass is 502 g/mol. The highest BCUT2D eigenvalue weighted by atomic mass is 16.5. The van der Waals surface area contributed by atoms with E-state index in [2.05, 4.69) is 13.5 Å². The summed E-state index contributed by atoms with van der Waals surface area (Å²) in [6, 6.07) is 27.9. The highest BCUT2D eigenvalue weighted by Gasteiger charge is 2.54.